The lowest BCUT2D eigenvalue weighted by molar-refractivity contribution is -0.130. The molecule has 1 rings (SSSR count). The van der Waals surface area contributed by atoms with E-state index in [0.29, 0.717) is 13.0 Å². The number of nitrogens with zero attached hydrogens (tertiary/aromatic N) is 1. The summed E-state index contributed by atoms with van der Waals surface area (Å²) in [6, 6.07) is 7.57. The number of carbonyl (C=O) groups is 1. The van der Waals surface area contributed by atoms with Crippen LogP contribution in [0.2, 0.25) is 5.02 Å². The van der Waals surface area contributed by atoms with Gasteiger partial charge in [-0.25, -0.2) is 0 Å². The normalized spacial score (nSPS) is 10.1. The fourth-order valence-corrected chi connectivity index (χ4v) is 1.48. The Balaban J connectivity index is 2.54. The Labute approximate surface area is 95.8 Å². The van der Waals surface area contributed by atoms with Crippen molar-refractivity contribution >= 4 is 17.5 Å². The zero-order chi connectivity index (χ0) is 11.3. The van der Waals surface area contributed by atoms with Crippen molar-refractivity contribution in [3.63, 3.8) is 0 Å². The molecule has 0 saturated heterocycles. The van der Waals surface area contributed by atoms with Gasteiger partial charge in [-0.3, -0.25) is 4.79 Å². The molecule has 1 amide bonds. The molecule has 0 radical (unpaired) electrons. The Kier molecular flexibility index (Phi) is 4.63. The molecule has 0 aliphatic carbocycles. The lowest BCUT2D eigenvalue weighted by atomic mass is 10.2. The first kappa shape index (κ1) is 12.1. The standard InChI is InChI=1S/C12H16ClNO/c1-3-4-12(15)14(2)9-10-5-7-11(13)8-6-10/h5-8H,3-4,9H2,1-2H3. The fourth-order valence-electron chi connectivity index (χ4n) is 1.36. The lowest BCUT2D eigenvalue weighted by Crippen LogP contribution is -2.25. The number of rotatable bonds is 4. The van der Waals surface area contributed by atoms with Gasteiger partial charge in [-0.05, 0) is 24.1 Å². The highest BCUT2D eigenvalue weighted by Gasteiger charge is 2.07. The van der Waals surface area contributed by atoms with E-state index in [0.717, 1.165) is 17.0 Å². The van der Waals surface area contributed by atoms with Crippen LogP contribution in [0, 0.1) is 0 Å². The number of benzene rings is 1. The van der Waals surface area contributed by atoms with Crippen LogP contribution in [0.15, 0.2) is 24.3 Å². The molecule has 0 heterocycles. The van der Waals surface area contributed by atoms with E-state index in [4.69, 9.17) is 11.6 Å². The van der Waals surface area contributed by atoms with Gasteiger partial charge in [-0.2, -0.15) is 0 Å². The predicted molar refractivity (Wildman–Crippen MR) is 62.8 cm³/mol. The largest absolute Gasteiger partial charge is 0.341 e. The van der Waals surface area contributed by atoms with E-state index in [-0.39, 0.29) is 5.91 Å². The Morgan fingerprint density at radius 2 is 1.93 bits per heavy atom. The molecule has 0 aliphatic rings. The molecule has 0 N–H and O–H groups in total. The maximum atomic E-state index is 11.5. The Morgan fingerprint density at radius 1 is 1.33 bits per heavy atom. The highest BCUT2D eigenvalue weighted by Crippen LogP contribution is 2.11. The molecule has 0 spiro atoms. The summed E-state index contributed by atoms with van der Waals surface area (Å²) in [6.45, 7) is 2.66. The van der Waals surface area contributed by atoms with Crippen molar-refractivity contribution in [3.8, 4) is 0 Å². The van der Waals surface area contributed by atoms with Gasteiger partial charge in [0, 0.05) is 25.0 Å². The number of hydrogen-bond donors (Lipinski definition) is 0. The third-order valence-corrected chi connectivity index (χ3v) is 2.47. The van der Waals surface area contributed by atoms with Crippen molar-refractivity contribution in [2.24, 2.45) is 0 Å². The smallest absolute Gasteiger partial charge is 0.222 e. The van der Waals surface area contributed by atoms with E-state index in [1.165, 1.54) is 0 Å². The van der Waals surface area contributed by atoms with Gasteiger partial charge in [-0.1, -0.05) is 30.7 Å². The molecule has 2 nitrogen and oxygen atoms in total. The number of carbonyl (C=O) groups excluding carboxylic acids is 1. The third kappa shape index (κ3) is 3.92. The number of halogens is 1. The minimum Gasteiger partial charge on any atom is -0.341 e. The first-order valence-corrected chi connectivity index (χ1v) is 5.49. The second-order valence-electron chi connectivity index (χ2n) is 3.63. The fraction of sp³-hybridized carbons (Fsp3) is 0.417. The first-order valence-electron chi connectivity index (χ1n) is 5.12. The molecular weight excluding hydrogens is 210 g/mol. The molecular formula is C12H16ClNO. The van der Waals surface area contributed by atoms with E-state index in [2.05, 4.69) is 0 Å². The van der Waals surface area contributed by atoms with Crippen LogP contribution in [-0.2, 0) is 11.3 Å². The highest BCUT2D eigenvalue weighted by atomic mass is 35.5. The lowest BCUT2D eigenvalue weighted by Gasteiger charge is -2.16. The van der Waals surface area contributed by atoms with Crippen molar-refractivity contribution in [1.82, 2.24) is 4.90 Å². The minimum atomic E-state index is 0.187. The molecule has 0 saturated carbocycles. The summed E-state index contributed by atoms with van der Waals surface area (Å²) in [6.07, 6.45) is 1.51. The molecule has 15 heavy (non-hydrogen) atoms. The zero-order valence-electron chi connectivity index (χ0n) is 9.16. The van der Waals surface area contributed by atoms with Gasteiger partial charge >= 0.3 is 0 Å². The average Bonchev–Trinajstić information content (AvgIpc) is 2.22. The van der Waals surface area contributed by atoms with Gasteiger partial charge in [0.1, 0.15) is 0 Å². The van der Waals surface area contributed by atoms with Crippen molar-refractivity contribution in [2.75, 3.05) is 7.05 Å². The van der Waals surface area contributed by atoms with Gasteiger partial charge < -0.3 is 4.90 Å². The molecule has 1 aromatic rings. The van der Waals surface area contributed by atoms with E-state index < -0.39 is 0 Å². The van der Waals surface area contributed by atoms with Gasteiger partial charge in [0.15, 0.2) is 0 Å². The SMILES string of the molecule is CCCC(=O)N(C)Cc1ccc(Cl)cc1. The van der Waals surface area contributed by atoms with E-state index >= 15 is 0 Å². The predicted octanol–water partition coefficient (Wildman–Crippen LogP) is 3.10. The maximum absolute atomic E-state index is 11.5. The monoisotopic (exact) mass is 225 g/mol. The van der Waals surface area contributed by atoms with Crippen molar-refractivity contribution in [2.45, 2.75) is 26.3 Å². The minimum absolute atomic E-state index is 0.187. The first-order chi connectivity index (χ1) is 7.13. The molecule has 0 atom stereocenters. The van der Waals surface area contributed by atoms with Crippen molar-refractivity contribution < 1.29 is 4.79 Å². The van der Waals surface area contributed by atoms with E-state index in [1.54, 1.807) is 4.90 Å². The maximum Gasteiger partial charge on any atom is 0.222 e. The van der Waals surface area contributed by atoms with Crippen LogP contribution in [0.4, 0.5) is 0 Å². The summed E-state index contributed by atoms with van der Waals surface area (Å²) in [4.78, 5) is 13.3. The quantitative estimate of drug-likeness (QED) is 0.771. The summed E-state index contributed by atoms with van der Waals surface area (Å²) < 4.78 is 0. The molecule has 3 heteroatoms. The topological polar surface area (TPSA) is 20.3 Å². The van der Waals surface area contributed by atoms with Crippen molar-refractivity contribution in [1.29, 1.82) is 0 Å². The molecule has 82 valence electrons. The van der Waals surface area contributed by atoms with Crippen LogP contribution in [0.25, 0.3) is 0 Å². The van der Waals surface area contributed by atoms with Gasteiger partial charge in [-0.15, -0.1) is 0 Å². The zero-order valence-corrected chi connectivity index (χ0v) is 9.92. The Hall–Kier alpha value is -1.02. The van der Waals surface area contributed by atoms with Gasteiger partial charge in [0.05, 0.1) is 0 Å². The third-order valence-electron chi connectivity index (χ3n) is 2.22. The Bertz CT molecular complexity index is 321. The molecule has 1 aromatic carbocycles. The second-order valence-corrected chi connectivity index (χ2v) is 4.06. The summed E-state index contributed by atoms with van der Waals surface area (Å²) in [5.74, 6) is 0.187. The van der Waals surface area contributed by atoms with Gasteiger partial charge in [0.2, 0.25) is 5.91 Å². The number of hydrogen-bond acceptors (Lipinski definition) is 1. The van der Waals surface area contributed by atoms with Crippen LogP contribution in [0.1, 0.15) is 25.3 Å². The van der Waals surface area contributed by atoms with Gasteiger partial charge in [0.25, 0.3) is 0 Å². The van der Waals surface area contributed by atoms with Crippen LogP contribution < -0.4 is 0 Å². The van der Waals surface area contributed by atoms with Crippen LogP contribution in [0.5, 0.6) is 0 Å². The summed E-state index contributed by atoms with van der Waals surface area (Å²) >= 11 is 5.78. The molecule has 0 aromatic heterocycles. The molecule has 0 fully saturated rings. The average molecular weight is 226 g/mol. The highest BCUT2D eigenvalue weighted by molar-refractivity contribution is 6.30. The molecule has 0 aliphatic heterocycles. The van der Waals surface area contributed by atoms with Crippen LogP contribution in [-0.4, -0.2) is 17.9 Å². The van der Waals surface area contributed by atoms with E-state index in [9.17, 15) is 4.79 Å². The van der Waals surface area contributed by atoms with E-state index in [1.807, 2.05) is 38.2 Å². The second kappa shape index (κ2) is 5.76. The van der Waals surface area contributed by atoms with Crippen LogP contribution in [0.3, 0.4) is 0 Å². The van der Waals surface area contributed by atoms with Crippen molar-refractivity contribution in [3.05, 3.63) is 34.9 Å². The summed E-state index contributed by atoms with van der Waals surface area (Å²) in [5.41, 5.74) is 1.10. The molecule has 0 unspecified atom stereocenters. The van der Waals surface area contributed by atoms with Crippen LogP contribution >= 0.6 is 11.6 Å². The number of amides is 1. The summed E-state index contributed by atoms with van der Waals surface area (Å²) in [7, 11) is 1.83. The molecule has 0 bridgehead atoms. The Morgan fingerprint density at radius 3 is 2.47 bits per heavy atom. The summed E-state index contributed by atoms with van der Waals surface area (Å²) in [5, 5.41) is 0.723.